The summed E-state index contributed by atoms with van der Waals surface area (Å²) in [5.74, 6) is -0.0203. The Bertz CT molecular complexity index is 1160. The number of esters is 1. The van der Waals surface area contributed by atoms with Crippen molar-refractivity contribution in [2.24, 2.45) is 0 Å². The molecule has 4 aromatic rings. The van der Waals surface area contributed by atoms with Gasteiger partial charge in [-0.15, -0.1) is 0 Å². The molecule has 7 heteroatoms. The molecule has 0 bridgehead atoms. The maximum atomic E-state index is 13.3. The number of anilines is 1. The fraction of sp³-hybridized carbons (Fsp3) is 0.136. The van der Waals surface area contributed by atoms with E-state index in [0.29, 0.717) is 22.0 Å². The van der Waals surface area contributed by atoms with Gasteiger partial charge in [0.2, 0.25) is 0 Å². The number of thiazole rings is 1. The molecule has 29 heavy (non-hydrogen) atoms. The van der Waals surface area contributed by atoms with E-state index < -0.39 is 5.97 Å². The van der Waals surface area contributed by atoms with Gasteiger partial charge in [-0.3, -0.25) is 9.69 Å². The van der Waals surface area contributed by atoms with Crippen LogP contribution >= 0.6 is 11.3 Å². The van der Waals surface area contributed by atoms with Gasteiger partial charge in [0, 0.05) is 5.56 Å². The molecule has 2 aromatic carbocycles. The van der Waals surface area contributed by atoms with Crippen LogP contribution in [0.5, 0.6) is 0 Å². The van der Waals surface area contributed by atoms with Crippen LogP contribution in [0.25, 0.3) is 10.2 Å². The van der Waals surface area contributed by atoms with Crippen molar-refractivity contribution in [3.63, 3.8) is 0 Å². The van der Waals surface area contributed by atoms with Crippen LogP contribution in [0.2, 0.25) is 0 Å². The smallest absolute Gasteiger partial charge is 0.337 e. The summed E-state index contributed by atoms with van der Waals surface area (Å²) in [5.41, 5.74) is 2.76. The number of benzene rings is 2. The Morgan fingerprint density at radius 2 is 1.83 bits per heavy atom. The van der Waals surface area contributed by atoms with Crippen molar-refractivity contribution in [3.8, 4) is 0 Å². The third-order valence-corrected chi connectivity index (χ3v) is 5.58. The Morgan fingerprint density at radius 1 is 1.07 bits per heavy atom. The van der Waals surface area contributed by atoms with Gasteiger partial charge >= 0.3 is 5.97 Å². The summed E-state index contributed by atoms with van der Waals surface area (Å²) in [7, 11) is 1.32. The standard InChI is InChI=1S/C22H18N2O4S/c1-14-5-3-7-18-19(14)23-22(29-18)24(13-17-6-4-12-28-17)20(25)15-8-10-16(11-9-15)21(26)27-2/h3-12H,13H2,1-2H3. The molecule has 0 unspecified atom stereocenters. The number of hydrogen-bond donors (Lipinski definition) is 0. The van der Waals surface area contributed by atoms with Crippen molar-refractivity contribution in [3.05, 3.63) is 83.3 Å². The number of hydrogen-bond acceptors (Lipinski definition) is 6. The van der Waals surface area contributed by atoms with Crippen LogP contribution in [-0.2, 0) is 11.3 Å². The van der Waals surface area contributed by atoms with E-state index in [4.69, 9.17) is 14.1 Å². The van der Waals surface area contributed by atoms with Crippen molar-refractivity contribution in [1.82, 2.24) is 4.98 Å². The van der Waals surface area contributed by atoms with E-state index in [2.05, 4.69) is 0 Å². The first kappa shape index (κ1) is 18.9. The lowest BCUT2D eigenvalue weighted by Crippen LogP contribution is -2.30. The number of fused-ring (bicyclic) bond motifs is 1. The largest absolute Gasteiger partial charge is 0.467 e. The minimum Gasteiger partial charge on any atom is -0.467 e. The van der Waals surface area contributed by atoms with E-state index >= 15 is 0 Å². The molecule has 0 fully saturated rings. The molecule has 0 aliphatic heterocycles. The van der Waals surface area contributed by atoms with Gasteiger partial charge in [0.1, 0.15) is 5.76 Å². The number of aryl methyl sites for hydroxylation is 1. The molecular formula is C22H18N2O4S. The van der Waals surface area contributed by atoms with Crippen LogP contribution in [0.3, 0.4) is 0 Å². The minimum absolute atomic E-state index is 0.227. The van der Waals surface area contributed by atoms with Gasteiger partial charge < -0.3 is 9.15 Å². The summed E-state index contributed by atoms with van der Waals surface area (Å²) in [5, 5.41) is 0.591. The monoisotopic (exact) mass is 406 g/mol. The molecule has 0 radical (unpaired) electrons. The number of aromatic nitrogens is 1. The number of rotatable bonds is 5. The quantitative estimate of drug-likeness (QED) is 0.444. The number of furan rings is 1. The molecule has 4 rings (SSSR count). The molecule has 0 saturated heterocycles. The average Bonchev–Trinajstić information content (AvgIpc) is 3.41. The van der Waals surface area contributed by atoms with Crippen LogP contribution < -0.4 is 4.90 Å². The summed E-state index contributed by atoms with van der Waals surface area (Å²) in [6.45, 7) is 2.25. The second kappa shape index (κ2) is 7.89. The number of ether oxygens (including phenoxy) is 1. The van der Waals surface area contributed by atoms with Crippen molar-refractivity contribution in [1.29, 1.82) is 0 Å². The summed E-state index contributed by atoms with van der Waals surface area (Å²) in [6.07, 6.45) is 1.58. The van der Waals surface area contributed by atoms with E-state index in [1.54, 1.807) is 41.5 Å². The van der Waals surface area contributed by atoms with Gasteiger partial charge in [-0.25, -0.2) is 9.78 Å². The van der Waals surface area contributed by atoms with Crippen molar-refractivity contribution >= 4 is 38.6 Å². The molecule has 146 valence electrons. The highest BCUT2D eigenvalue weighted by atomic mass is 32.1. The fourth-order valence-corrected chi connectivity index (χ4v) is 4.04. The van der Waals surface area contributed by atoms with Crippen molar-refractivity contribution in [2.45, 2.75) is 13.5 Å². The molecular weight excluding hydrogens is 388 g/mol. The highest BCUT2D eigenvalue weighted by Gasteiger charge is 2.23. The van der Waals surface area contributed by atoms with E-state index in [0.717, 1.165) is 15.8 Å². The highest BCUT2D eigenvalue weighted by molar-refractivity contribution is 7.22. The number of nitrogens with zero attached hydrogens (tertiary/aromatic N) is 2. The highest BCUT2D eigenvalue weighted by Crippen LogP contribution is 2.32. The van der Waals surface area contributed by atoms with Gasteiger partial charge in [0.05, 0.1) is 35.7 Å². The minimum atomic E-state index is -0.446. The fourth-order valence-electron chi connectivity index (χ4n) is 3.00. The van der Waals surface area contributed by atoms with Crippen LogP contribution in [0, 0.1) is 6.92 Å². The van der Waals surface area contributed by atoms with E-state index in [1.807, 2.05) is 31.2 Å². The zero-order chi connectivity index (χ0) is 20.4. The lowest BCUT2D eigenvalue weighted by molar-refractivity contribution is 0.0600. The Kier molecular flexibility index (Phi) is 5.14. The van der Waals surface area contributed by atoms with Gasteiger partial charge in [-0.2, -0.15) is 0 Å². The zero-order valence-corrected chi connectivity index (χ0v) is 16.7. The predicted octanol–water partition coefficient (Wildman–Crippen LogP) is 4.83. The van der Waals surface area contributed by atoms with Crippen LogP contribution in [0.1, 0.15) is 32.0 Å². The van der Waals surface area contributed by atoms with Crippen molar-refractivity contribution in [2.75, 3.05) is 12.0 Å². The molecule has 0 saturated carbocycles. The molecule has 2 heterocycles. The molecule has 6 nitrogen and oxygen atoms in total. The average molecular weight is 406 g/mol. The third-order valence-electron chi connectivity index (χ3n) is 4.53. The molecule has 0 atom stereocenters. The van der Waals surface area contributed by atoms with Gasteiger partial charge in [-0.1, -0.05) is 23.5 Å². The number of para-hydroxylation sites is 1. The lowest BCUT2D eigenvalue weighted by atomic mass is 10.1. The Balaban J connectivity index is 1.72. The first-order chi connectivity index (χ1) is 14.1. The van der Waals surface area contributed by atoms with Gasteiger partial charge in [-0.05, 0) is 55.0 Å². The Morgan fingerprint density at radius 3 is 2.48 bits per heavy atom. The molecule has 1 amide bonds. The van der Waals surface area contributed by atoms with Crippen LogP contribution in [-0.4, -0.2) is 24.0 Å². The van der Waals surface area contributed by atoms with Gasteiger partial charge in [0.25, 0.3) is 5.91 Å². The number of methoxy groups -OCH3 is 1. The molecule has 0 aliphatic carbocycles. The Labute approximate surface area is 171 Å². The van der Waals surface area contributed by atoms with E-state index in [9.17, 15) is 9.59 Å². The summed E-state index contributed by atoms with van der Waals surface area (Å²) in [4.78, 5) is 31.3. The Hall–Kier alpha value is -3.45. The maximum Gasteiger partial charge on any atom is 0.337 e. The number of amides is 1. The second-order valence-electron chi connectivity index (χ2n) is 6.46. The van der Waals surface area contributed by atoms with E-state index in [-0.39, 0.29) is 12.5 Å². The molecule has 0 N–H and O–H groups in total. The first-order valence-corrected chi connectivity index (χ1v) is 9.77. The molecule has 0 aliphatic rings. The normalized spacial score (nSPS) is 10.8. The van der Waals surface area contributed by atoms with E-state index in [1.165, 1.54) is 18.4 Å². The molecule has 2 aromatic heterocycles. The summed E-state index contributed by atoms with van der Waals surface area (Å²) < 4.78 is 11.2. The predicted molar refractivity (Wildman–Crippen MR) is 111 cm³/mol. The SMILES string of the molecule is COC(=O)c1ccc(C(=O)N(Cc2ccco2)c2nc3c(C)cccc3s2)cc1. The number of carbonyl (C=O) groups is 2. The topological polar surface area (TPSA) is 72.6 Å². The third kappa shape index (κ3) is 3.77. The summed E-state index contributed by atoms with van der Waals surface area (Å²) in [6, 6.07) is 15.9. The first-order valence-electron chi connectivity index (χ1n) is 8.95. The number of carbonyl (C=O) groups excluding carboxylic acids is 2. The van der Waals surface area contributed by atoms with Crippen molar-refractivity contribution < 1.29 is 18.7 Å². The second-order valence-corrected chi connectivity index (χ2v) is 7.47. The zero-order valence-electron chi connectivity index (χ0n) is 15.9. The lowest BCUT2D eigenvalue weighted by Gasteiger charge is -2.19. The van der Waals surface area contributed by atoms with Crippen LogP contribution in [0.4, 0.5) is 5.13 Å². The van der Waals surface area contributed by atoms with Gasteiger partial charge in [0.15, 0.2) is 5.13 Å². The maximum absolute atomic E-state index is 13.3. The summed E-state index contributed by atoms with van der Waals surface area (Å²) >= 11 is 1.45. The molecule has 0 spiro atoms. The van der Waals surface area contributed by atoms with Crippen LogP contribution in [0.15, 0.2) is 65.3 Å².